The molecule has 0 bridgehead atoms. The topological polar surface area (TPSA) is 57.7 Å². The van der Waals surface area contributed by atoms with Gasteiger partial charge in [0.2, 0.25) is 5.91 Å². The summed E-state index contributed by atoms with van der Waals surface area (Å²) >= 11 is 3.34. The number of benzene rings is 3. The van der Waals surface area contributed by atoms with Gasteiger partial charge >= 0.3 is 0 Å². The van der Waals surface area contributed by atoms with Gasteiger partial charge in [0.25, 0.3) is 11.8 Å². The van der Waals surface area contributed by atoms with Crippen LogP contribution in [-0.2, 0) is 16.0 Å². The van der Waals surface area contributed by atoms with E-state index in [0.29, 0.717) is 12.1 Å². The maximum absolute atomic E-state index is 13.4. The maximum atomic E-state index is 13.4. The predicted molar refractivity (Wildman–Crippen MR) is 123 cm³/mol. The van der Waals surface area contributed by atoms with Crippen LogP contribution in [0.15, 0.2) is 83.3 Å². The van der Waals surface area contributed by atoms with Crippen LogP contribution in [0.1, 0.15) is 22.3 Å². The number of carbonyl (C=O) groups excluding carboxylic acids is 3. The van der Waals surface area contributed by atoms with E-state index in [1.165, 1.54) is 29.2 Å². The van der Waals surface area contributed by atoms with Gasteiger partial charge in [0.1, 0.15) is 11.9 Å². The van der Waals surface area contributed by atoms with Crippen LogP contribution in [0.2, 0.25) is 0 Å². The molecule has 1 aliphatic heterocycles. The first-order valence-electron chi connectivity index (χ1n) is 10.2. The molecule has 3 aromatic rings. The number of halogens is 2. The minimum Gasteiger partial charge on any atom is -0.326 e. The summed E-state index contributed by atoms with van der Waals surface area (Å²) in [6, 6.07) is 20.7. The molecule has 1 fully saturated rings. The van der Waals surface area contributed by atoms with Gasteiger partial charge in [-0.3, -0.25) is 14.4 Å². The number of rotatable bonds is 6. The van der Waals surface area contributed by atoms with E-state index in [0.717, 1.165) is 14.9 Å². The highest BCUT2D eigenvalue weighted by molar-refractivity contribution is 9.10. The molecular weight excluding hydrogens is 475 g/mol. The zero-order valence-corrected chi connectivity index (χ0v) is 18.7. The van der Waals surface area contributed by atoms with Crippen LogP contribution in [0, 0.1) is 5.82 Å². The van der Waals surface area contributed by atoms with Gasteiger partial charge in [0.05, 0.1) is 12.1 Å². The Bertz CT molecular complexity index is 1130. The van der Waals surface area contributed by atoms with Gasteiger partial charge in [-0.1, -0.05) is 46.3 Å². The van der Waals surface area contributed by atoms with Gasteiger partial charge in [-0.15, -0.1) is 0 Å². The van der Waals surface area contributed by atoms with Gasteiger partial charge in [-0.05, 0) is 60.5 Å². The van der Waals surface area contributed by atoms with Crippen molar-refractivity contribution in [2.24, 2.45) is 0 Å². The second-order valence-electron chi connectivity index (χ2n) is 7.50. The molecule has 162 valence electrons. The van der Waals surface area contributed by atoms with Crippen molar-refractivity contribution in [2.75, 3.05) is 11.4 Å². The molecule has 0 spiro atoms. The predicted octanol–water partition coefficient (Wildman–Crippen LogP) is 4.61. The van der Waals surface area contributed by atoms with E-state index in [4.69, 9.17) is 0 Å². The summed E-state index contributed by atoms with van der Waals surface area (Å²) in [6.07, 6.45) is 0.417. The number of hydrogen-bond donors (Lipinski definition) is 0. The molecule has 3 amide bonds. The monoisotopic (exact) mass is 494 g/mol. The van der Waals surface area contributed by atoms with Crippen LogP contribution < -0.4 is 4.90 Å². The zero-order valence-electron chi connectivity index (χ0n) is 17.1. The molecule has 0 saturated carbocycles. The minimum atomic E-state index is -0.924. The molecule has 1 unspecified atom stereocenters. The van der Waals surface area contributed by atoms with Crippen molar-refractivity contribution in [2.45, 2.75) is 18.9 Å². The van der Waals surface area contributed by atoms with Crippen LogP contribution in [0.4, 0.5) is 10.1 Å². The first kappa shape index (κ1) is 21.9. The fourth-order valence-corrected chi connectivity index (χ4v) is 4.04. The van der Waals surface area contributed by atoms with E-state index in [-0.39, 0.29) is 24.4 Å². The lowest BCUT2D eigenvalue weighted by Gasteiger charge is -2.28. The summed E-state index contributed by atoms with van der Waals surface area (Å²) in [6.45, 7) is 0.248. The number of carbonyl (C=O) groups is 3. The summed E-state index contributed by atoms with van der Waals surface area (Å²) < 4.78 is 14.2. The van der Waals surface area contributed by atoms with Crippen LogP contribution in [0.25, 0.3) is 0 Å². The van der Waals surface area contributed by atoms with Crippen LogP contribution in [0.5, 0.6) is 0 Å². The molecule has 5 nitrogen and oxygen atoms in total. The quantitative estimate of drug-likeness (QED) is 0.470. The SMILES string of the molecule is O=C1CC(N(CCc2ccccc2)C(=O)c2ccc(F)cc2)C(=O)N1c1ccc(Br)cc1. The van der Waals surface area contributed by atoms with E-state index < -0.39 is 23.7 Å². The second kappa shape index (κ2) is 9.44. The van der Waals surface area contributed by atoms with Crippen LogP contribution >= 0.6 is 15.9 Å². The lowest BCUT2D eigenvalue weighted by Crippen LogP contribution is -2.46. The van der Waals surface area contributed by atoms with Crippen molar-refractivity contribution >= 4 is 39.3 Å². The third-order valence-electron chi connectivity index (χ3n) is 5.42. The van der Waals surface area contributed by atoms with Crippen molar-refractivity contribution < 1.29 is 18.8 Å². The first-order chi connectivity index (χ1) is 15.4. The van der Waals surface area contributed by atoms with E-state index in [1.807, 2.05) is 30.3 Å². The first-order valence-corrected chi connectivity index (χ1v) is 11.0. The third-order valence-corrected chi connectivity index (χ3v) is 5.95. The van der Waals surface area contributed by atoms with Crippen LogP contribution in [-0.4, -0.2) is 35.2 Å². The largest absolute Gasteiger partial charge is 0.326 e. The number of nitrogens with zero attached hydrogens (tertiary/aromatic N) is 2. The Labute approximate surface area is 193 Å². The molecule has 1 heterocycles. The summed E-state index contributed by atoms with van der Waals surface area (Å²) in [5.74, 6) is -1.67. The van der Waals surface area contributed by atoms with Gasteiger partial charge in [-0.25, -0.2) is 9.29 Å². The van der Waals surface area contributed by atoms with Crippen molar-refractivity contribution in [3.8, 4) is 0 Å². The Kier molecular flexibility index (Phi) is 6.46. The Balaban J connectivity index is 1.63. The van der Waals surface area contributed by atoms with Crippen LogP contribution in [0.3, 0.4) is 0 Å². The Morgan fingerprint density at radius 2 is 1.62 bits per heavy atom. The molecular formula is C25H20BrFN2O3. The average Bonchev–Trinajstić information content (AvgIpc) is 3.09. The highest BCUT2D eigenvalue weighted by Gasteiger charge is 2.44. The number of imide groups is 1. The molecule has 32 heavy (non-hydrogen) atoms. The third kappa shape index (κ3) is 4.62. The fourth-order valence-electron chi connectivity index (χ4n) is 3.77. The summed E-state index contributed by atoms with van der Waals surface area (Å²) in [5, 5.41) is 0. The Hall–Kier alpha value is -3.32. The fraction of sp³-hybridized carbons (Fsp3) is 0.160. The van der Waals surface area contributed by atoms with Crippen molar-refractivity contribution in [1.29, 1.82) is 0 Å². The van der Waals surface area contributed by atoms with Crippen molar-refractivity contribution in [3.05, 3.63) is 100 Å². The molecule has 0 radical (unpaired) electrons. The molecule has 0 aromatic heterocycles. The van der Waals surface area contributed by atoms with E-state index in [2.05, 4.69) is 15.9 Å². The number of anilines is 1. The second-order valence-corrected chi connectivity index (χ2v) is 8.42. The zero-order chi connectivity index (χ0) is 22.7. The molecule has 0 aliphatic carbocycles. The van der Waals surface area contributed by atoms with E-state index in [9.17, 15) is 18.8 Å². The average molecular weight is 495 g/mol. The normalized spacial score (nSPS) is 15.8. The lowest BCUT2D eigenvalue weighted by molar-refractivity contribution is -0.122. The van der Waals surface area contributed by atoms with Gasteiger partial charge in [0.15, 0.2) is 0 Å². The van der Waals surface area contributed by atoms with E-state index >= 15 is 0 Å². The standard InChI is InChI=1S/C25H20BrFN2O3/c26-19-8-12-21(13-9-19)29-23(30)16-22(25(29)32)28(15-14-17-4-2-1-3-5-17)24(31)18-6-10-20(27)11-7-18/h1-13,22H,14-16H2. The number of amides is 3. The smallest absolute Gasteiger partial charge is 0.257 e. The summed E-state index contributed by atoms with van der Waals surface area (Å²) in [4.78, 5) is 41.9. The number of hydrogen-bond acceptors (Lipinski definition) is 3. The molecule has 1 saturated heterocycles. The molecule has 1 aliphatic rings. The molecule has 1 atom stereocenters. The van der Waals surface area contributed by atoms with Gasteiger partial charge in [-0.2, -0.15) is 0 Å². The molecule has 0 N–H and O–H groups in total. The van der Waals surface area contributed by atoms with Crippen molar-refractivity contribution in [1.82, 2.24) is 4.90 Å². The Morgan fingerprint density at radius 3 is 2.28 bits per heavy atom. The lowest BCUT2D eigenvalue weighted by atomic mass is 10.1. The summed E-state index contributed by atoms with van der Waals surface area (Å²) in [7, 11) is 0. The molecule has 3 aromatic carbocycles. The van der Waals surface area contributed by atoms with E-state index in [1.54, 1.807) is 24.3 Å². The Morgan fingerprint density at radius 1 is 0.969 bits per heavy atom. The summed E-state index contributed by atoms with van der Waals surface area (Å²) in [5.41, 5.74) is 1.73. The van der Waals surface area contributed by atoms with Gasteiger partial charge < -0.3 is 4.90 Å². The highest BCUT2D eigenvalue weighted by atomic mass is 79.9. The maximum Gasteiger partial charge on any atom is 0.257 e. The molecule has 7 heteroatoms. The van der Waals surface area contributed by atoms with Crippen molar-refractivity contribution in [3.63, 3.8) is 0 Å². The molecule has 4 rings (SSSR count). The minimum absolute atomic E-state index is 0.101. The highest BCUT2D eigenvalue weighted by Crippen LogP contribution is 2.28. The van der Waals surface area contributed by atoms with Gasteiger partial charge in [0, 0.05) is 16.6 Å².